The Balaban J connectivity index is 1.35. The van der Waals surface area contributed by atoms with Gasteiger partial charge >= 0.3 is 5.97 Å². The first-order valence-corrected chi connectivity index (χ1v) is 9.78. The van der Waals surface area contributed by atoms with Crippen molar-refractivity contribution in [2.45, 2.75) is 0 Å². The zero-order valence-corrected chi connectivity index (χ0v) is 17.2. The monoisotopic (exact) mass is 425 g/mol. The van der Waals surface area contributed by atoms with Gasteiger partial charge in [-0.2, -0.15) is 0 Å². The lowest BCUT2D eigenvalue weighted by atomic mass is 10.1. The molecule has 0 saturated carbocycles. The molecule has 0 heterocycles. The van der Waals surface area contributed by atoms with Crippen LogP contribution in [0, 0.1) is 0 Å². The maximum Gasteiger partial charge on any atom is 0.362 e. The number of methoxy groups -OCH3 is 1. The molecule has 0 saturated heterocycles. The first kappa shape index (κ1) is 20.7. The molecule has 4 aromatic carbocycles. The van der Waals surface area contributed by atoms with Crippen LogP contribution < -0.4 is 10.2 Å². The van der Waals surface area contributed by atoms with Crippen LogP contribution in [0.1, 0.15) is 20.7 Å². The van der Waals surface area contributed by atoms with Gasteiger partial charge in [0.25, 0.3) is 5.91 Å². The van der Waals surface area contributed by atoms with Crippen molar-refractivity contribution in [2.75, 3.05) is 12.6 Å². The summed E-state index contributed by atoms with van der Waals surface area (Å²) < 4.78 is 5.10. The molecule has 0 aliphatic heterocycles. The Morgan fingerprint density at radius 1 is 0.781 bits per heavy atom. The van der Waals surface area contributed by atoms with E-state index in [1.54, 1.807) is 60.7 Å². The van der Waals surface area contributed by atoms with Crippen LogP contribution in [0.25, 0.3) is 10.8 Å². The molecule has 0 aliphatic carbocycles. The standard InChI is InChI=1S/C25H19N3O4/c1-31-23-8-4-7-19(16-23)24(29)27-26-21-11-13-22(14-12-21)28-32-25(30)20-10-9-17-5-2-3-6-18(17)15-20/h2-16,28H,1H3. The molecular formula is C25H19N3O4. The normalized spacial score (nSPS) is 10.8. The topological polar surface area (TPSA) is 89.3 Å². The fourth-order valence-electron chi connectivity index (χ4n) is 2.99. The molecular weight excluding hydrogens is 406 g/mol. The summed E-state index contributed by atoms with van der Waals surface area (Å²) in [7, 11) is 1.53. The smallest absolute Gasteiger partial charge is 0.362 e. The van der Waals surface area contributed by atoms with Crippen LogP contribution in [0.5, 0.6) is 5.75 Å². The van der Waals surface area contributed by atoms with E-state index >= 15 is 0 Å². The number of hydrogen-bond acceptors (Lipinski definition) is 6. The number of hydrogen-bond donors (Lipinski definition) is 1. The third-order valence-electron chi connectivity index (χ3n) is 4.69. The lowest BCUT2D eigenvalue weighted by molar-refractivity contribution is 0.0596. The Kier molecular flexibility index (Phi) is 6.17. The van der Waals surface area contributed by atoms with E-state index in [9.17, 15) is 9.59 Å². The first-order chi connectivity index (χ1) is 15.6. The highest BCUT2D eigenvalue weighted by atomic mass is 16.7. The highest BCUT2D eigenvalue weighted by Gasteiger charge is 2.09. The molecule has 0 unspecified atom stereocenters. The molecule has 158 valence electrons. The van der Waals surface area contributed by atoms with Crippen LogP contribution in [-0.4, -0.2) is 19.0 Å². The van der Waals surface area contributed by atoms with E-state index in [1.165, 1.54) is 7.11 Å². The van der Waals surface area contributed by atoms with E-state index in [-0.39, 0.29) is 0 Å². The van der Waals surface area contributed by atoms with Gasteiger partial charge in [-0.1, -0.05) is 36.4 Å². The van der Waals surface area contributed by atoms with Gasteiger partial charge < -0.3 is 9.57 Å². The molecule has 0 aromatic heterocycles. The van der Waals surface area contributed by atoms with Crippen molar-refractivity contribution in [3.63, 3.8) is 0 Å². The minimum absolute atomic E-state index is 0.381. The van der Waals surface area contributed by atoms with Crippen LogP contribution in [0.3, 0.4) is 0 Å². The summed E-state index contributed by atoms with van der Waals surface area (Å²) in [5, 5.41) is 9.69. The number of ether oxygens (including phenoxy) is 1. The second-order valence-electron chi connectivity index (χ2n) is 6.84. The number of anilines is 1. The summed E-state index contributed by atoms with van der Waals surface area (Å²) in [5.74, 6) is -0.404. The number of nitrogens with zero attached hydrogens (tertiary/aromatic N) is 2. The van der Waals surface area contributed by atoms with E-state index < -0.39 is 11.9 Å². The molecule has 0 spiro atoms. The molecule has 0 bridgehead atoms. The molecule has 4 aromatic rings. The molecule has 7 nitrogen and oxygen atoms in total. The van der Waals surface area contributed by atoms with E-state index in [4.69, 9.17) is 9.57 Å². The van der Waals surface area contributed by atoms with Gasteiger partial charge in [-0.3, -0.25) is 4.79 Å². The largest absolute Gasteiger partial charge is 0.497 e. The number of fused-ring (bicyclic) bond motifs is 1. The first-order valence-electron chi connectivity index (χ1n) is 9.78. The van der Waals surface area contributed by atoms with Gasteiger partial charge in [-0.25, -0.2) is 10.3 Å². The average Bonchev–Trinajstić information content (AvgIpc) is 2.86. The van der Waals surface area contributed by atoms with Crippen LogP contribution in [0.2, 0.25) is 0 Å². The third kappa shape index (κ3) is 4.96. The Bertz CT molecular complexity index is 1300. The van der Waals surface area contributed by atoms with E-state index in [0.717, 1.165) is 10.8 Å². The Labute approximate surface area is 184 Å². The van der Waals surface area contributed by atoms with Gasteiger partial charge in [0.05, 0.1) is 24.0 Å². The molecule has 1 N–H and O–H groups in total. The fourth-order valence-corrected chi connectivity index (χ4v) is 2.99. The molecule has 0 radical (unpaired) electrons. The molecule has 0 aliphatic rings. The maximum absolute atomic E-state index is 12.3. The van der Waals surface area contributed by atoms with Crippen molar-refractivity contribution in [3.8, 4) is 5.75 Å². The SMILES string of the molecule is COc1cccc(C(=O)N=Nc2ccc(NOC(=O)c3ccc4ccccc4c3)cc2)c1. The van der Waals surface area contributed by atoms with Gasteiger partial charge in [-0.15, -0.1) is 10.2 Å². The number of azo groups is 1. The van der Waals surface area contributed by atoms with Crippen molar-refractivity contribution in [1.82, 2.24) is 0 Å². The van der Waals surface area contributed by atoms with Crippen LogP contribution in [0.4, 0.5) is 11.4 Å². The number of carbonyl (C=O) groups excluding carboxylic acids is 2. The van der Waals surface area contributed by atoms with E-state index in [0.29, 0.717) is 28.3 Å². The van der Waals surface area contributed by atoms with Crippen LogP contribution >= 0.6 is 0 Å². The average molecular weight is 425 g/mol. The van der Waals surface area contributed by atoms with Gasteiger partial charge in [0.1, 0.15) is 5.75 Å². The second kappa shape index (κ2) is 9.53. The summed E-state index contributed by atoms with van der Waals surface area (Å²) in [6.45, 7) is 0. The predicted molar refractivity (Wildman–Crippen MR) is 121 cm³/mol. The van der Waals surface area contributed by atoms with E-state index in [1.807, 2.05) is 30.3 Å². The minimum atomic E-state index is -0.497. The zero-order chi connectivity index (χ0) is 22.3. The molecule has 1 amide bonds. The number of carbonyl (C=O) groups is 2. The van der Waals surface area contributed by atoms with Crippen LogP contribution in [0.15, 0.2) is 101 Å². The molecule has 0 fully saturated rings. The summed E-state index contributed by atoms with van der Waals surface area (Å²) >= 11 is 0. The summed E-state index contributed by atoms with van der Waals surface area (Å²) in [6, 6.07) is 26.5. The maximum atomic E-state index is 12.3. The Hall–Kier alpha value is -4.52. The van der Waals surface area contributed by atoms with Gasteiger partial charge in [0.2, 0.25) is 0 Å². The van der Waals surface area contributed by atoms with Gasteiger partial charge in [0, 0.05) is 5.56 Å². The third-order valence-corrected chi connectivity index (χ3v) is 4.69. The van der Waals surface area contributed by atoms with Crippen LogP contribution in [-0.2, 0) is 4.84 Å². The fraction of sp³-hybridized carbons (Fsp3) is 0.0400. The lowest BCUT2D eigenvalue weighted by Gasteiger charge is -2.07. The van der Waals surface area contributed by atoms with E-state index in [2.05, 4.69) is 15.7 Å². The van der Waals surface area contributed by atoms with Crippen molar-refractivity contribution in [2.24, 2.45) is 10.2 Å². The predicted octanol–water partition coefficient (Wildman–Crippen LogP) is 5.96. The Morgan fingerprint density at radius 2 is 1.56 bits per heavy atom. The van der Waals surface area contributed by atoms with Crippen molar-refractivity contribution in [1.29, 1.82) is 0 Å². The minimum Gasteiger partial charge on any atom is -0.497 e. The summed E-state index contributed by atoms with van der Waals surface area (Å²) in [5.41, 5.74) is 4.47. The highest BCUT2D eigenvalue weighted by Crippen LogP contribution is 2.20. The molecule has 0 atom stereocenters. The highest BCUT2D eigenvalue weighted by molar-refractivity contribution is 5.96. The van der Waals surface area contributed by atoms with Crippen molar-refractivity contribution >= 4 is 34.0 Å². The van der Waals surface area contributed by atoms with Gasteiger partial charge in [-0.05, 0) is 65.4 Å². The number of nitrogens with one attached hydrogen (secondary N) is 1. The quantitative estimate of drug-likeness (QED) is 0.304. The van der Waals surface area contributed by atoms with Crippen molar-refractivity contribution in [3.05, 3.63) is 102 Å². The molecule has 32 heavy (non-hydrogen) atoms. The lowest BCUT2D eigenvalue weighted by Crippen LogP contribution is -2.10. The number of amides is 1. The van der Waals surface area contributed by atoms with Gasteiger partial charge in [0.15, 0.2) is 0 Å². The Morgan fingerprint density at radius 3 is 2.34 bits per heavy atom. The molecule has 4 rings (SSSR count). The van der Waals surface area contributed by atoms with Crippen molar-refractivity contribution < 1.29 is 19.2 Å². The number of rotatable bonds is 6. The molecule has 7 heteroatoms. The second-order valence-corrected chi connectivity index (χ2v) is 6.84. The zero-order valence-electron chi connectivity index (χ0n) is 17.2. The summed E-state index contributed by atoms with van der Waals surface area (Å²) in [6.07, 6.45) is 0. The summed E-state index contributed by atoms with van der Waals surface area (Å²) in [4.78, 5) is 29.7. The number of benzene rings is 4.